The van der Waals surface area contributed by atoms with Crippen LogP contribution in [0.25, 0.3) is 0 Å². The van der Waals surface area contributed by atoms with Crippen LogP contribution in [0.3, 0.4) is 0 Å². The molecule has 2 saturated heterocycles. The van der Waals surface area contributed by atoms with E-state index in [4.69, 9.17) is 4.74 Å². The fraction of sp³-hybridized carbons (Fsp3) is 0.684. The maximum Gasteiger partial charge on any atom is 0.248 e. The van der Waals surface area contributed by atoms with Gasteiger partial charge in [0.1, 0.15) is 6.61 Å². The summed E-state index contributed by atoms with van der Waals surface area (Å²) in [5.41, 5.74) is 0. The Morgan fingerprint density at radius 1 is 1.19 bits per heavy atom. The van der Waals surface area contributed by atoms with Crippen LogP contribution >= 0.6 is 0 Å². The molecule has 1 atom stereocenters. The van der Waals surface area contributed by atoms with E-state index in [1.165, 1.54) is 7.11 Å². The number of carbonyl (C=O) groups excluding carboxylic acids is 2. The molecular weight excluding hydrogens is 346 g/mol. The van der Waals surface area contributed by atoms with Gasteiger partial charge in [0.2, 0.25) is 17.8 Å². The minimum Gasteiger partial charge on any atom is -0.375 e. The molecule has 0 spiro atoms. The highest BCUT2D eigenvalue weighted by Gasteiger charge is 2.28. The molecule has 3 rings (SSSR count). The molecule has 0 aliphatic carbocycles. The van der Waals surface area contributed by atoms with Crippen LogP contribution in [0.4, 0.5) is 5.95 Å². The molecule has 2 aliphatic heterocycles. The average Bonchev–Trinajstić information content (AvgIpc) is 2.73. The summed E-state index contributed by atoms with van der Waals surface area (Å²) in [6, 6.07) is 1.82. The van der Waals surface area contributed by atoms with Gasteiger partial charge in [0.15, 0.2) is 0 Å². The van der Waals surface area contributed by atoms with Gasteiger partial charge in [0, 0.05) is 58.1 Å². The summed E-state index contributed by atoms with van der Waals surface area (Å²) >= 11 is 0. The topological polar surface area (TPSA) is 87.7 Å². The van der Waals surface area contributed by atoms with Crippen molar-refractivity contribution in [1.82, 2.24) is 20.2 Å². The Bertz CT molecular complexity index is 619. The number of nitrogens with zero attached hydrogens (tertiary/aromatic N) is 4. The van der Waals surface area contributed by atoms with Gasteiger partial charge < -0.3 is 19.9 Å². The van der Waals surface area contributed by atoms with Crippen LogP contribution in [-0.4, -0.2) is 73.1 Å². The first-order chi connectivity index (χ1) is 13.2. The number of hydrogen-bond donors (Lipinski definition) is 1. The van der Waals surface area contributed by atoms with E-state index in [-0.39, 0.29) is 24.3 Å². The lowest BCUT2D eigenvalue weighted by Gasteiger charge is -2.34. The minimum atomic E-state index is -0.00579. The number of anilines is 1. The second-order valence-corrected chi connectivity index (χ2v) is 7.34. The van der Waals surface area contributed by atoms with Gasteiger partial charge in [-0.2, -0.15) is 0 Å². The summed E-state index contributed by atoms with van der Waals surface area (Å²) in [4.78, 5) is 37.0. The van der Waals surface area contributed by atoms with Crippen LogP contribution in [0, 0.1) is 11.8 Å². The Kier molecular flexibility index (Phi) is 6.98. The van der Waals surface area contributed by atoms with E-state index in [0.29, 0.717) is 25.6 Å². The SMILES string of the molecule is COCC(=O)N1CCC(C(=O)NC[C@H]2CCCN(c3ncccn3)C2)CC1. The minimum absolute atomic E-state index is 0.00165. The number of hydrogen-bond acceptors (Lipinski definition) is 6. The molecule has 2 fully saturated rings. The summed E-state index contributed by atoms with van der Waals surface area (Å²) < 4.78 is 4.89. The van der Waals surface area contributed by atoms with Gasteiger partial charge in [-0.1, -0.05) is 0 Å². The zero-order valence-corrected chi connectivity index (χ0v) is 16.0. The Hall–Kier alpha value is -2.22. The third-order valence-electron chi connectivity index (χ3n) is 5.41. The number of methoxy groups -OCH3 is 1. The quantitative estimate of drug-likeness (QED) is 0.787. The summed E-state index contributed by atoms with van der Waals surface area (Å²) in [5.74, 6) is 1.29. The Morgan fingerprint density at radius 2 is 1.93 bits per heavy atom. The van der Waals surface area contributed by atoms with Crippen molar-refractivity contribution in [1.29, 1.82) is 0 Å². The van der Waals surface area contributed by atoms with Gasteiger partial charge in [-0.25, -0.2) is 9.97 Å². The van der Waals surface area contributed by atoms with Crippen LogP contribution in [0.2, 0.25) is 0 Å². The molecule has 0 saturated carbocycles. The van der Waals surface area contributed by atoms with E-state index in [9.17, 15) is 9.59 Å². The third-order valence-corrected chi connectivity index (χ3v) is 5.41. The second-order valence-electron chi connectivity index (χ2n) is 7.34. The maximum absolute atomic E-state index is 12.5. The monoisotopic (exact) mass is 375 g/mol. The Balaban J connectivity index is 1.41. The number of piperidine rings is 2. The van der Waals surface area contributed by atoms with E-state index in [0.717, 1.165) is 44.7 Å². The largest absolute Gasteiger partial charge is 0.375 e. The van der Waals surface area contributed by atoms with Crippen molar-refractivity contribution in [2.75, 3.05) is 51.3 Å². The zero-order valence-electron chi connectivity index (χ0n) is 16.0. The summed E-state index contributed by atoms with van der Waals surface area (Å²) in [6.07, 6.45) is 7.15. The van der Waals surface area contributed by atoms with Crippen molar-refractivity contribution < 1.29 is 14.3 Å². The second kappa shape index (κ2) is 9.64. The number of nitrogens with one attached hydrogen (secondary N) is 1. The summed E-state index contributed by atoms with van der Waals surface area (Å²) in [6.45, 7) is 3.88. The molecule has 1 aromatic heterocycles. The van der Waals surface area contributed by atoms with Gasteiger partial charge in [0.05, 0.1) is 0 Å². The standard InChI is InChI=1S/C19H29N5O3/c1-27-14-17(25)23-10-5-16(6-11-23)18(26)22-12-15-4-2-9-24(13-15)19-20-7-3-8-21-19/h3,7-8,15-16H,2,4-6,9-14H2,1H3,(H,22,26)/t15-/m1/s1. The third kappa shape index (κ3) is 5.38. The first-order valence-electron chi connectivity index (χ1n) is 9.73. The molecule has 148 valence electrons. The van der Waals surface area contributed by atoms with E-state index in [2.05, 4.69) is 20.2 Å². The highest BCUT2D eigenvalue weighted by molar-refractivity contribution is 5.80. The number of ether oxygens (including phenoxy) is 1. The van der Waals surface area contributed by atoms with Gasteiger partial charge in [-0.05, 0) is 37.7 Å². The van der Waals surface area contributed by atoms with Crippen LogP contribution < -0.4 is 10.2 Å². The average molecular weight is 375 g/mol. The number of aromatic nitrogens is 2. The van der Waals surface area contributed by atoms with Gasteiger partial charge in [-0.3, -0.25) is 9.59 Å². The van der Waals surface area contributed by atoms with Crippen molar-refractivity contribution in [3.05, 3.63) is 18.5 Å². The van der Waals surface area contributed by atoms with Crippen molar-refractivity contribution >= 4 is 17.8 Å². The van der Waals surface area contributed by atoms with E-state index in [1.54, 1.807) is 17.3 Å². The van der Waals surface area contributed by atoms with Crippen molar-refractivity contribution in [3.8, 4) is 0 Å². The van der Waals surface area contributed by atoms with Crippen molar-refractivity contribution in [2.45, 2.75) is 25.7 Å². The van der Waals surface area contributed by atoms with Crippen molar-refractivity contribution in [3.63, 3.8) is 0 Å². The lowest BCUT2D eigenvalue weighted by atomic mass is 9.94. The molecule has 27 heavy (non-hydrogen) atoms. The van der Waals surface area contributed by atoms with Gasteiger partial charge >= 0.3 is 0 Å². The van der Waals surface area contributed by atoms with E-state index < -0.39 is 0 Å². The Labute approximate surface area is 160 Å². The smallest absolute Gasteiger partial charge is 0.248 e. The lowest BCUT2D eigenvalue weighted by Crippen LogP contribution is -2.46. The number of carbonyl (C=O) groups is 2. The zero-order chi connectivity index (χ0) is 19.1. The molecule has 3 heterocycles. The predicted octanol–water partition coefficient (Wildman–Crippen LogP) is 0.694. The number of likely N-dealkylation sites (tertiary alicyclic amines) is 1. The molecule has 0 bridgehead atoms. The fourth-order valence-corrected chi connectivity index (χ4v) is 3.86. The summed E-state index contributed by atoms with van der Waals surface area (Å²) in [7, 11) is 1.52. The first kappa shape index (κ1) is 19.5. The van der Waals surface area contributed by atoms with E-state index >= 15 is 0 Å². The first-order valence-corrected chi connectivity index (χ1v) is 9.73. The maximum atomic E-state index is 12.5. The normalized spacial score (nSPS) is 21.1. The molecule has 8 heteroatoms. The number of rotatable bonds is 6. The fourth-order valence-electron chi connectivity index (χ4n) is 3.86. The lowest BCUT2D eigenvalue weighted by molar-refractivity contribution is -0.138. The van der Waals surface area contributed by atoms with Crippen LogP contribution in [0.5, 0.6) is 0 Å². The van der Waals surface area contributed by atoms with Gasteiger partial charge in [0.25, 0.3) is 0 Å². The number of amides is 2. The molecule has 2 amide bonds. The molecule has 0 radical (unpaired) electrons. The molecule has 0 unspecified atom stereocenters. The summed E-state index contributed by atoms with van der Waals surface area (Å²) in [5, 5.41) is 3.13. The van der Waals surface area contributed by atoms with Crippen LogP contribution in [0.1, 0.15) is 25.7 Å². The molecule has 1 aromatic rings. The molecule has 8 nitrogen and oxygen atoms in total. The Morgan fingerprint density at radius 3 is 2.63 bits per heavy atom. The van der Waals surface area contributed by atoms with Gasteiger partial charge in [-0.15, -0.1) is 0 Å². The van der Waals surface area contributed by atoms with Crippen LogP contribution in [-0.2, 0) is 14.3 Å². The molecule has 0 aromatic carbocycles. The molecule has 2 aliphatic rings. The molecular formula is C19H29N5O3. The van der Waals surface area contributed by atoms with E-state index in [1.807, 2.05) is 6.07 Å². The van der Waals surface area contributed by atoms with Crippen molar-refractivity contribution in [2.24, 2.45) is 11.8 Å². The molecule has 1 N–H and O–H groups in total. The predicted molar refractivity (Wildman–Crippen MR) is 101 cm³/mol. The highest BCUT2D eigenvalue weighted by atomic mass is 16.5. The van der Waals surface area contributed by atoms with Crippen LogP contribution in [0.15, 0.2) is 18.5 Å². The highest BCUT2D eigenvalue weighted by Crippen LogP contribution is 2.21.